The van der Waals surface area contributed by atoms with E-state index in [1.165, 1.54) is 7.05 Å². The molecule has 0 spiro atoms. The summed E-state index contributed by atoms with van der Waals surface area (Å²) in [7, 11) is 1.37. The second-order valence-electron chi connectivity index (χ2n) is 3.49. The van der Waals surface area contributed by atoms with Crippen molar-refractivity contribution < 1.29 is 9.59 Å². The molecule has 0 aromatic carbocycles. The highest BCUT2D eigenvalue weighted by Crippen LogP contribution is 1.98. The third kappa shape index (κ3) is 5.01. The van der Waals surface area contributed by atoms with Crippen molar-refractivity contribution in [3.8, 4) is 6.07 Å². The summed E-state index contributed by atoms with van der Waals surface area (Å²) in [5, 5.41) is 10.9. The predicted octanol–water partition coefficient (Wildman–Crippen LogP) is 1.11. The fourth-order valence-electron chi connectivity index (χ4n) is 0.824. The number of nitriles is 1. The van der Waals surface area contributed by atoms with Crippen molar-refractivity contribution in [3.63, 3.8) is 0 Å². The van der Waals surface area contributed by atoms with Crippen LogP contribution in [0.4, 0.5) is 4.79 Å². The van der Waals surface area contributed by atoms with Crippen LogP contribution in [0.3, 0.4) is 0 Å². The fourth-order valence-corrected chi connectivity index (χ4v) is 0.824. The minimum absolute atomic E-state index is 0.271. The largest absolute Gasteiger partial charge is 0.337 e. The van der Waals surface area contributed by atoms with Gasteiger partial charge in [-0.3, -0.25) is 9.69 Å². The summed E-state index contributed by atoms with van der Waals surface area (Å²) < 4.78 is 0. The van der Waals surface area contributed by atoms with Gasteiger partial charge in [-0.05, 0) is 5.92 Å². The molecule has 3 amide bonds. The highest BCUT2D eigenvalue weighted by Gasteiger charge is 2.15. The third-order valence-electron chi connectivity index (χ3n) is 2.21. The van der Waals surface area contributed by atoms with Crippen molar-refractivity contribution in [3.05, 3.63) is 0 Å². The highest BCUT2D eigenvalue weighted by molar-refractivity contribution is 5.94. The summed E-state index contributed by atoms with van der Waals surface area (Å²) in [5.41, 5.74) is 0. The molecule has 84 valence electrons. The van der Waals surface area contributed by atoms with Gasteiger partial charge in [0.2, 0.25) is 5.91 Å². The Bertz CT molecular complexity index is 270. The quantitative estimate of drug-likeness (QED) is 0.757. The molecule has 0 bridgehead atoms. The summed E-state index contributed by atoms with van der Waals surface area (Å²) in [4.78, 5) is 23.4. The number of hydrogen-bond donors (Lipinski definition) is 1. The zero-order valence-electron chi connectivity index (χ0n) is 9.41. The van der Waals surface area contributed by atoms with E-state index in [2.05, 4.69) is 5.32 Å². The normalized spacial score (nSPS) is 11.3. The van der Waals surface area contributed by atoms with Crippen LogP contribution in [0.1, 0.15) is 26.7 Å². The number of urea groups is 1. The van der Waals surface area contributed by atoms with Crippen LogP contribution in [-0.4, -0.2) is 30.4 Å². The molecule has 0 rings (SSSR count). The van der Waals surface area contributed by atoms with Crippen molar-refractivity contribution in [2.45, 2.75) is 26.7 Å². The number of nitrogens with one attached hydrogen (secondary N) is 1. The Kier molecular flexibility index (Phi) is 6.11. The molecule has 0 fully saturated rings. The van der Waals surface area contributed by atoms with Gasteiger partial charge < -0.3 is 5.32 Å². The van der Waals surface area contributed by atoms with E-state index in [0.717, 1.165) is 11.3 Å². The second-order valence-corrected chi connectivity index (χ2v) is 3.49. The Balaban J connectivity index is 4.00. The smallest absolute Gasteiger partial charge is 0.323 e. The average molecular weight is 211 g/mol. The lowest BCUT2D eigenvalue weighted by Crippen LogP contribution is -2.42. The Morgan fingerprint density at radius 3 is 2.60 bits per heavy atom. The minimum atomic E-state index is -0.487. The third-order valence-corrected chi connectivity index (χ3v) is 2.21. The van der Waals surface area contributed by atoms with Gasteiger partial charge in [0.1, 0.15) is 6.42 Å². The monoisotopic (exact) mass is 211 g/mol. The summed E-state index contributed by atoms with van der Waals surface area (Å²) in [6.45, 7) is 4.58. The maximum Gasteiger partial charge on any atom is 0.323 e. The van der Waals surface area contributed by atoms with Crippen LogP contribution in [0.2, 0.25) is 0 Å². The van der Waals surface area contributed by atoms with Crippen molar-refractivity contribution >= 4 is 11.9 Å². The molecule has 0 aliphatic heterocycles. The molecule has 1 atom stereocenters. The maximum absolute atomic E-state index is 11.4. The van der Waals surface area contributed by atoms with E-state index >= 15 is 0 Å². The molecule has 5 nitrogen and oxygen atoms in total. The highest BCUT2D eigenvalue weighted by atomic mass is 16.2. The number of rotatable bonds is 4. The molecule has 0 heterocycles. The van der Waals surface area contributed by atoms with E-state index in [1.54, 1.807) is 6.07 Å². The predicted molar refractivity (Wildman–Crippen MR) is 55.9 cm³/mol. The van der Waals surface area contributed by atoms with Crippen LogP contribution >= 0.6 is 0 Å². The van der Waals surface area contributed by atoms with E-state index < -0.39 is 11.9 Å². The number of amides is 3. The molecule has 15 heavy (non-hydrogen) atoms. The number of carbonyl (C=O) groups excluding carboxylic acids is 2. The van der Waals surface area contributed by atoms with Crippen LogP contribution in [0.15, 0.2) is 0 Å². The molecular weight excluding hydrogens is 194 g/mol. The SMILES string of the molecule is CCC(C)CNC(=O)N(C)C(=O)CC#N. The minimum Gasteiger partial charge on any atom is -0.337 e. The number of nitrogens with zero attached hydrogens (tertiary/aromatic N) is 2. The van der Waals surface area contributed by atoms with Gasteiger partial charge in [-0.2, -0.15) is 5.26 Å². The van der Waals surface area contributed by atoms with Gasteiger partial charge in [0.05, 0.1) is 6.07 Å². The first-order valence-corrected chi connectivity index (χ1v) is 4.94. The van der Waals surface area contributed by atoms with E-state index in [9.17, 15) is 9.59 Å². The summed E-state index contributed by atoms with van der Waals surface area (Å²) in [5.74, 6) is -0.104. The molecule has 0 aromatic heterocycles. The van der Waals surface area contributed by atoms with Gasteiger partial charge in [-0.1, -0.05) is 20.3 Å². The number of hydrogen-bond acceptors (Lipinski definition) is 3. The Morgan fingerprint density at radius 1 is 1.53 bits per heavy atom. The van der Waals surface area contributed by atoms with Crippen LogP contribution < -0.4 is 5.32 Å². The van der Waals surface area contributed by atoms with Crippen molar-refractivity contribution in [1.29, 1.82) is 5.26 Å². The number of carbonyl (C=O) groups is 2. The van der Waals surface area contributed by atoms with E-state index in [0.29, 0.717) is 12.5 Å². The molecular formula is C10H17N3O2. The van der Waals surface area contributed by atoms with Gasteiger partial charge in [0.25, 0.3) is 0 Å². The van der Waals surface area contributed by atoms with Gasteiger partial charge >= 0.3 is 6.03 Å². The molecule has 0 aliphatic carbocycles. The first kappa shape index (κ1) is 13.4. The second kappa shape index (κ2) is 6.82. The zero-order valence-corrected chi connectivity index (χ0v) is 9.41. The maximum atomic E-state index is 11.4. The van der Waals surface area contributed by atoms with E-state index in [-0.39, 0.29) is 6.42 Å². The standard InChI is InChI=1S/C10H17N3O2/c1-4-8(2)7-12-10(15)13(3)9(14)5-6-11/h8H,4-5,7H2,1-3H3,(H,12,15). The van der Waals surface area contributed by atoms with Crippen molar-refractivity contribution in [1.82, 2.24) is 10.2 Å². The average Bonchev–Trinajstić information content (AvgIpc) is 2.24. The lowest BCUT2D eigenvalue weighted by Gasteiger charge is -2.16. The van der Waals surface area contributed by atoms with Crippen LogP contribution in [0, 0.1) is 17.2 Å². The summed E-state index contributed by atoms with van der Waals surface area (Å²) in [6.07, 6.45) is 0.698. The summed E-state index contributed by atoms with van der Waals surface area (Å²) in [6, 6.07) is 1.26. The van der Waals surface area contributed by atoms with Gasteiger partial charge in [-0.15, -0.1) is 0 Å². The van der Waals surface area contributed by atoms with Crippen LogP contribution in [0.5, 0.6) is 0 Å². The van der Waals surface area contributed by atoms with Crippen molar-refractivity contribution in [2.24, 2.45) is 5.92 Å². The molecule has 5 heteroatoms. The zero-order chi connectivity index (χ0) is 11.8. The van der Waals surface area contributed by atoms with Crippen molar-refractivity contribution in [2.75, 3.05) is 13.6 Å². The molecule has 0 saturated carbocycles. The topological polar surface area (TPSA) is 73.2 Å². The molecule has 0 aliphatic rings. The summed E-state index contributed by atoms with van der Waals surface area (Å²) >= 11 is 0. The lowest BCUT2D eigenvalue weighted by atomic mass is 10.1. The molecule has 0 radical (unpaired) electrons. The number of imide groups is 1. The molecule has 1 unspecified atom stereocenters. The lowest BCUT2D eigenvalue weighted by molar-refractivity contribution is -0.126. The Labute approximate surface area is 90.0 Å². The Hall–Kier alpha value is -1.57. The molecule has 0 aromatic rings. The molecule has 1 N–H and O–H groups in total. The first-order valence-electron chi connectivity index (χ1n) is 4.94. The van der Waals surface area contributed by atoms with Crippen LogP contribution in [-0.2, 0) is 4.79 Å². The molecule has 0 saturated heterocycles. The van der Waals surface area contributed by atoms with Gasteiger partial charge in [0, 0.05) is 13.6 Å². The van der Waals surface area contributed by atoms with Gasteiger partial charge in [0.15, 0.2) is 0 Å². The van der Waals surface area contributed by atoms with E-state index in [1.807, 2.05) is 13.8 Å². The Morgan fingerprint density at radius 2 is 2.13 bits per heavy atom. The van der Waals surface area contributed by atoms with Crippen LogP contribution in [0.25, 0.3) is 0 Å². The fraction of sp³-hybridized carbons (Fsp3) is 0.700. The first-order chi connectivity index (χ1) is 7.02. The van der Waals surface area contributed by atoms with E-state index in [4.69, 9.17) is 5.26 Å². The van der Waals surface area contributed by atoms with Gasteiger partial charge in [-0.25, -0.2) is 4.79 Å².